The van der Waals surface area contributed by atoms with Crippen LogP contribution in [0.5, 0.6) is 17.2 Å². The van der Waals surface area contributed by atoms with Crippen LogP contribution in [0.1, 0.15) is 24.0 Å². The summed E-state index contributed by atoms with van der Waals surface area (Å²) in [5, 5.41) is 4.29. The Balaban J connectivity index is 1.23. The van der Waals surface area contributed by atoms with Crippen molar-refractivity contribution in [2.45, 2.75) is 12.8 Å². The predicted octanol–water partition coefficient (Wildman–Crippen LogP) is 8.03. The maximum Gasteiger partial charge on any atom is 0.123 e. The molecule has 0 bridgehead atoms. The van der Waals surface area contributed by atoms with Crippen molar-refractivity contribution in [2.75, 3.05) is 27.0 Å². The van der Waals surface area contributed by atoms with Gasteiger partial charge in [0, 0.05) is 6.07 Å². The molecule has 0 N–H and O–H groups in total. The van der Waals surface area contributed by atoms with Gasteiger partial charge in [-0.3, -0.25) is 0 Å². The Morgan fingerprint density at radius 2 is 0.976 bits per heavy atom. The molecule has 212 valence electrons. The summed E-state index contributed by atoms with van der Waals surface area (Å²) in [6.07, 6.45) is 7.32. The van der Waals surface area contributed by atoms with Crippen LogP contribution in [0.4, 0.5) is 0 Å². The Bertz CT molecular complexity index is 1430. The van der Waals surface area contributed by atoms with E-state index in [-0.39, 0.29) is 0 Å². The highest BCUT2D eigenvalue weighted by atomic mass is 31.2. The van der Waals surface area contributed by atoms with Crippen LogP contribution in [0.15, 0.2) is 133 Å². The molecular formula is C38H38O3P+. The minimum absolute atomic E-state index is 0.692. The maximum absolute atomic E-state index is 6.17. The van der Waals surface area contributed by atoms with E-state index < -0.39 is 7.26 Å². The SMILES string of the molecule is COc1cc(/C=C/c2ccc(OCCCC[P+](c3ccccc3)(c3ccccc3)c3ccccc3)cc2)cc(OC)c1. The lowest BCUT2D eigenvalue weighted by atomic mass is 10.1. The quantitative estimate of drug-likeness (QED) is 0.0811. The monoisotopic (exact) mass is 573 g/mol. The van der Waals surface area contributed by atoms with E-state index in [1.807, 2.05) is 30.3 Å². The smallest absolute Gasteiger partial charge is 0.123 e. The van der Waals surface area contributed by atoms with E-state index in [1.165, 1.54) is 15.9 Å². The van der Waals surface area contributed by atoms with Crippen LogP contribution in [0.25, 0.3) is 12.2 Å². The zero-order valence-corrected chi connectivity index (χ0v) is 25.3. The average Bonchev–Trinajstić information content (AvgIpc) is 3.07. The summed E-state index contributed by atoms with van der Waals surface area (Å²) in [6, 6.07) is 47.3. The lowest BCUT2D eigenvalue weighted by molar-refractivity contribution is 0.309. The van der Waals surface area contributed by atoms with E-state index in [9.17, 15) is 0 Å². The molecule has 42 heavy (non-hydrogen) atoms. The minimum Gasteiger partial charge on any atom is -0.497 e. The topological polar surface area (TPSA) is 27.7 Å². The molecule has 0 aromatic heterocycles. The fourth-order valence-corrected chi connectivity index (χ4v) is 9.73. The van der Waals surface area contributed by atoms with Crippen LogP contribution < -0.4 is 30.1 Å². The molecule has 5 aromatic carbocycles. The van der Waals surface area contributed by atoms with Crippen LogP contribution in [0.3, 0.4) is 0 Å². The molecule has 0 saturated carbocycles. The molecule has 3 nitrogen and oxygen atoms in total. The second kappa shape index (κ2) is 14.5. The fourth-order valence-electron chi connectivity index (χ4n) is 5.32. The first-order valence-corrected chi connectivity index (χ1v) is 16.4. The van der Waals surface area contributed by atoms with Gasteiger partial charge in [-0.1, -0.05) is 78.9 Å². The van der Waals surface area contributed by atoms with Crippen LogP contribution >= 0.6 is 7.26 Å². The Morgan fingerprint density at radius 1 is 0.500 bits per heavy atom. The summed E-state index contributed by atoms with van der Waals surface area (Å²) in [6.45, 7) is 0.692. The minimum atomic E-state index is -1.79. The van der Waals surface area contributed by atoms with Gasteiger partial charge in [0.1, 0.15) is 40.4 Å². The molecule has 0 atom stereocenters. The second-order valence-corrected chi connectivity index (χ2v) is 13.8. The number of hydrogen-bond acceptors (Lipinski definition) is 3. The Hall–Kier alpha value is -4.33. The van der Waals surface area contributed by atoms with Gasteiger partial charge in [-0.15, -0.1) is 0 Å². The third-order valence-corrected chi connectivity index (χ3v) is 12.0. The second-order valence-electron chi connectivity index (χ2n) is 10.1. The summed E-state index contributed by atoms with van der Waals surface area (Å²) in [7, 11) is 1.53. The summed E-state index contributed by atoms with van der Waals surface area (Å²) >= 11 is 0. The van der Waals surface area contributed by atoms with Crippen molar-refractivity contribution in [3.8, 4) is 17.2 Å². The molecule has 0 unspecified atom stereocenters. The van der Waals surface area contributed by atoms with Crippen molar-refractivity contribution < 1.29 is 14.2 Å². The summed E-state index contributed by atoms with van der Waals surface area (Å²) in [5.74, 6) is 2.44. The molecule has 5 rings (SSSR count). The van der Waals surface area contributed by atoms with Gasteiger partial charge in [-0.2, -0.15) is 0 Å². The number of rotatable bonds is 13. The number of methoxy groups -OCH3 is 2. The molecule has 4 heteroatoms. The normalized spacial score (nSPS) is 11.4. The van der Waals surface area contributed by atoms with Crippen LogP contribution in [0.2, 0.25) is 0 Å². The Kier molecular flexibility index (Phi) is 10.1. The van der Waals surface area contributed by atoms with Gasteiger partial charge >= 0.3 is 0 Å². The summed E-state index contributed by atoms with van der Waals surface area (Å²) < 4.78 is 16.9. The molecule has 0 heterocycles. The Labute approximate surface area is 250 Å². The highest BCUT2D eigenvalue weighted by Gasteiger charge is 2.44. The van der Waals surface area contributed by atoms with Crippen molar-refractivity contribution >= 4 is 35.3 Å². The lowest BCUT2D eigenvalue weighted by Gasteiger charge is -2.27. The van der Waals surface area contributed by atoms with Gasteiger partial charge in [0.15, 0.2) is 0 Å². The molecule has 0 aliphatic carbocycles. The molecule has 0 spiro atoms. The number of hydrogen-bond donors (Lipinski definition) is 0. The molecule has 5 aromatic rings. The van der Waals surface area contributed by atoms with Gasteiger partial charge < -0.3 is 14.2 Å². The van der Waals surface area contributed by atoms with Gasteiger partial charge in [0.2, 0.25) is 0 Å². The van der Waals surface area contributed by atoms with E-state index in [0.717, 1.165) is 47.4 Å². The largest absolute Gasteiger partial charge is 0.497 e. The van der Waals surface area contributed by atoms with Crippen LogP contribution in [0, 0.1) is 0 Å². The van der Waals surface area contributed by atoms with E-state index in [1.54, 1.807) is 14.2 Å². The highest BCUT2D eigenvalue weighted by molar-refractivity contribution is 7.95. The van der Waals surface area contributed by atoms with Gasteiger partial charge in [-0.25, -0.2) is 0 Å². The van der Waals surface area contributed by atoms with Crippen molar-refractivity contribution in [2.24, 2.45) is 0 Å². The molecule has 0 fully saturated rings. The van der Waals surface area contributed by atoms with E-state index >= 15 is 0 Å². The standard InChI is InChI=1S/C38H38O3P/c1-39-34-28-32(29-35(30-34)40-2)21-20-31-22-24-33(25-23-31)41-26-12-13-27-42(36-14-6-3-7-15-36,37-16-8-4-9-17-37)38-18-10-5-11-19-38/h3-11,14-25,28-30H,12-13,26-27H2,1-2H3/q+1/b21-20+. The lowest BCUT2D eigenvalue weighted by Crippen LogP contribution is -2.33. The first-order valence-electron chi connectivity index (χ1n) is 14.4. The van der Waals surface area contributed by atoms with Gasteiger partial charge in [0.05, 0.1) is 27.0 Å². The zero-order valence-electron chi connectivity index (χ0n) is 24.4. The molecule has 0 radical (unpaired) electrons. The number of unbranched alkanes of at least 4 members (excludes halogenated alkanes) is 1. The molecule has 0 saturated heterocycles. The molecular weight excluding hydrogens is 535 g/mol. The number of benzene rings is 5. The van der Waals surface area contributed by atoms with E-state index in [4.69, 9.17) is 14.2 Å². The molecule has 0 amide bonds. The van der Waals surface area contributed by atoms with Crippen molar-refractivity contribution in [1.29, 1.82) is 0 Å². The van der Waals surface area contributed by atoms with Crippen molar-refractivity contribution in [3.63, 3.8) is 0 Å². The highest BCUT2D eigenvalue weighted by Crippen LogP contribution is 2.55. The van der Waals surface area contributed by atoms with E-state index in [0.29, 0.717) is 6.61 Å². The molecule has 0 aliphatic rings. The maximum atomic E-state index is 6.17. The zero-order chi connectivity index (χ0) is 29.0. The van der Waals surface area contributed by atoms with Gasteiger partial charge in [0.25, 0.3) is 0 Å². The first kappa shape index (κ1) is 29.2. The average molecular weight is 574 g/mol. The third-order valence-electron chi connectivity index (χ3n) is 7.47. The van der Waals surface area contributed by atoms with E-state index in [2.05, 4.69) is 115 Å². The third kappa shape index (κ3) is 7.11. The summed E-state index contributed by atoms with van der Waals surface area (Å²) in [5.41, 5.74) is 2.12. The van der Waals surface area contributed by atoms with Crippen molar-refractivity contribution in [3.05, 3.63) is 145 Å². The van der Waals surface area contributed by atoms with Crippen molar-refractivity contribution in [1.82, 2.24) is 0 Å². The fraction of sp³-hybridized carbons (Fsp3) is 0.158. The first-order chi connectivity index (χ1) is 20.7. The predicted molar refractivity (Wildman–Crippen MR) is 180 cm³/mol. The Morgan fingerprint density at radius 3 is 1.45 bits per heavy atom. The van der Waals surface area contributed by atoms with Crippen LogP contribution in [-0.4, -0.2) is 27.0 Å². The van der Waals surface area contributed by atoms with Crippen LogP contribution in [-0.2, 0) is 0 Å². The molecule has 0 aliphatic heterocycles. The number of ether oxygens (including phenoxy) is 3. The summed E-state index contributed by atoms with van der Waals surface area (Å²) in [4.78, 5) is 0. The van der Waals surface area contributed by atoms with Gasteiger partial charge in [-0.05, 0) is 84.6 Å².